The maximum Gasteiger partial charge on any atom is 0.293 e. The van der Waals surface area contributed by atoms with Gasteiger partial charge in [-0.2, -0.15) is 0 Å². The van der Waals surface area contributed by atoms with E-state index >= 15 is 0 Å². The maximum atomic E-state index is 12.7. The Kier molecular flexibility index (Phi) is 8.39. The number of amides is 2. The van der Waals surface area contributed by atoms with Gasteiger partial charge in [0.15, 0.2) is 11.5 Å². The van der Waals surface area contributed by atoms with E-state index in [2.05, 4.69) is 0 Å². The Hall–Kier alpha value is -1.86. The van der Waals surface area contributed by atoms with Gasteiger partial charge in [-0.3, -0.25) is 14.5 Å². The van der Waals surface area contributed by atoms with E-state index in [0.29, 0.717) is 50.1 Å². The zero-order valence-electron chi connectivity index (χ0n) is 17.8. The minimum Gasteiger partial charge on any atom is -0.490 e. The summed E-state index contributed by atoms with van der Waals surface area (Å²) in [4.78, 5) is 26.6. The second-order valence-corrected chi connectivity index (χ2v) is 9.32. The molecule has 1 atom stereocenters. The first kappa shape index (κ1) is 24.8. The van der Waals surface area contributed by atoms with Crippen molar-refractivity contribution in [2.24, 2.45) is 0 Å². The van der Waals surface area contributed by atoms with E-state index in [1.54, 1.807) is 30.3 Å². The number of rotatable bonds is 8. The zero-order valence-corrected chi connectivity index (χ0v) is 20.9. The van der Waals surface area contributed by atoms with Crippen LogP contribution in [0.25, 0.3) is 6.08 Å². The number of benzene rings is 2. The Bertz CT molecular complexity index is 1070. The summed E-state index contributed by atoms with van der Waals surface area (Å²) >= 11 is 19.4. The molecule has 1 saturated heterocycles. The summed E-state index contributed by atoms with van der Waals surface area (Å²) in [6.07, 6.45) is 2.33. The fraction of sp³-hybridized carbons (Fsp3) is 0.304. The minimum atomic E-state index is -0.302. The average Bonchev–Trinajstić information content (AvgIpc) is 3.02. The molecule has 0 aromatic heterocycles. The van der Waals surface area contributed by atoms with E-state index in [1.807, 2.05) is 26.8 Å². The van der Waals surface area contributed by atoms with Crippen LogP contribution in [0.3, 0.4) is 0 Å². The molecule has 2 aromatic carbocycles. The van der Waals surface area contributed by atoms with Crippen molar-refractivity contribution in [3.8, 4) is 11.5 Å². The highest BCUT2D eigenvalue weighted by Crippen LogP contribution is 2.40. The van der Waals surface area contributed by atoms with Crippen LogP contribution >= 0.6 is 46.6 Å². The summed E-state index contributed by atoms with van der Waals surface area (Å²) in [5.41, 5.74) is 1.45. The van der Waals surface area contributed by atoms with Crippen LogP contribution in [-0.2, 0) is 11.4 Å². The number of carbonyl (C=O) groups excluding carboxylic acids is 2. The molecule has 1 fully saturated rings. The third-order valence-corrected chi connectivity index (χ3v) is 6.76. The van der Waals surface area contributed by atoms with Crippen LogP contribution in [0.5, 0.6) is 11.5 Å². The average molecular weight is 515 g/mol. The van der Waals surface area contributed by atoms with E-state index in [9.17, 15) is 9.59 Å². The number of hydrogen-bond donors (Lipinski definition) is 0. The number of ether oxygens (including phenoxy) is 2. The molecule has 9 heteroatoms. The van der Waals surface area contributed by atoms with Crippen molar-refractivity contribution in [3.63, 3.8) is 0 Å². The Morgan fingerprint density at radius 1 is 1.03 bits per heavy atom. The molecule has 0 N–H and O–H groups in total. The van der Waals surface area contributed by atoms with Crippen molar-refractivity contribution in [1.29, 1.82) is 0 Å². The molecule has 1 heterocycles. The molecule has 32 heavy (non-hydrogen) atoms. The van der Waals surface area contributed by atoms with Gasteiger partial charge in [0.2, 0.25) is 0 Å². The third kappa shape index (κ3) is 5.54. The highest BCUT2D eigenvalue weighted by molar-refractivity contribution is 8.18. The van der Waals surface area contributed by atoms with Crippen molar-refractivity contribution in [2.75, 3.05) is 6.61 Å². The molecule has 2 amide bonds. The van der Waals surface area contributed by atoms with Crippen LogP contribution in [0.4, 0.5) is 4.79 Å². The standard InChI is InChI=1S/C23H22Cl3NO4S/c1-4-13(3)27-22(28)20(32-23(27)29)11-15-9-18(26)21(19(10-15)30-5-2)31-12-14-6-7-16(24)17(25)8-14/h6-11,13H,4-5,12H2,1-3H3/b20-11+/t13-/m1/s1. The van der Waals surface area contributed by atoms with Crippen LogP contribution in [0.2, 0.25) is 15.1 Å². The first-order chi connectivity index (χ1) is 15.2. The van der Waals surface area contributed by atoms with E-state index in [1.165, 1.54) is 4.90 Å². The molecule has 0 unspecified atom stereocenters. The fourth-order valence-electron chi connectivity index (χ4n) is 3.05. The lowest BCUT2D eigenvalue weighted by Gasteiger charge is -2.19. The van der Waals surface area contributed by atoms with E-state index in [0.717, 1.165) is 17.3 Å². The first-order valence-corrected chi connectivity index (χ1v) is 12.0. The third-order valence-electron chi connectivity index (χ3n) is 4.85. The second-order valence-electron chi connectivity index (χ2n) is 7.11. The highest BCUT2D eigenvalue weighted by Gasteiger charge is 2.37. The monoisotopic (exact) mass is 513 g/mol. The van der Waals surface area contributed by atoms with Crippen LogP contribution in [0.1, 0.15) is 38.3 Å². The molecule has 0 aliphatic carbocycles. The van der Waals surface area contributed by atoms with Crippen LogP contribution < -0.4 is 9.47 Å². The smallest absolute Gasteiger partial charge is 0.293 e. The summed E-state index contributed by atoms with van der Waals surface area (Å²) < 4.78 is 11.6. The first-order valence-electron chi connectivity index (χ1n) is 10.0. The summed E-state index contributed by atoms with van der Waals surface area (Å²) in [5, 5.41) is 0.952. The van der Waals surface area contributed by atoms with Gasteiger partial charge in [0.1, 0.15) is 6.61 Å². The van der Waals surface area contributed by atoms with E-state index in [4.69, 9.17) is 44.3 Å². The maximum absolute atomic E-state index is 12.7. The molecule has 0 radical (unpaired) electrons. The largest absolute Gasteiger partial charge is 0.490 e. The lowest BCUT2D eigenvalue weighted by atomic mass is 10.1. The topological polar surface area (TPSA) is 55.8 Å². The Labute approximate surface area is 206 Å². The summed E-state index contributed by atoms with van der Waals surface area (Å²) in [5.74, 6) is 0.514. The summed E-state index contributed by atoms with van der Waals surface area (Å²) in [6.45, 7) is 6.24. The summed E-state index contributed by atoms with van der Waals surface area (Å²) in [7, 11) is 0. The normalized spacial score (nSPS) is 16.1. The number of nitrogens with zero attached hydrogens (tertiary/aromatic N) is 1. The predicted molar refractivity (Wildman–Crippen MR) is 131 cm³/mol. The van der Waals surface area contributed by atoms with Gasteiger partial charge in [-0.15, -0.1) is 0 Å². The molecule has 2 aromatic rings. The summed E-state index contributed by atoms with van der Waals surface area (Å²) in [6, 6.07) is 8.48. The minimum absolute atomic E-state index is 0.159. The highest BCUT2D eigenvalue weighted by atomic mass is 35.5. The lowest BCUT2D eigenvalue weighted by Crippen LogP contribution is -2.36. The van der Waals surface area contributed by atoms with Crippen LogP contribution in [0, 0.1) is 0 Å². The Morgan fingerprint density at radius 3 is 2.44 bits per heavy atom. The fourth-order valence-corrected chi connectivity index (χ4v) is 4.58. The second kappa shape index (κ2) is 10.8. The predicted octanol–water partition coefficient (Wildman–Crippen LogP) is 7.46. The van der Waals surface area contributed by atoms with E-state index < -0.39 is 0 Å². The van der Waals surface area contributed by atoms with Gasteiger partial charge in [0, 0.05) is 6.04 Å². The molecule has 170 valence electrons. The van der Waals surface area contributed by atoms with Crippen molar-refractivity contribution in [3.05, 3.63) is 61.4 Å². The van der Waals surface area contributed by atoms with Crippen LogP contribution in [-0.4, -0.2) is 28.7 Å². The number of halogens is 3. The lowest BCUT2D eigenvalue weighted by molar-refractivity contribution is -0.124. The molecule has 1 aliphatic rings. The molecule has 0 spiro atoms. The van der Waals surface area contributed by atoms with Gasteiger partial charge < -0.3 is 9.47 Å². The molecule has 1 aliphatic heterocycles. The van der Waals surface area contributed by atoms with Crippen LogP contribution in [0.15, 0.2) is 35.2 Å². The van der Waals surface area contributed by atoms with Gasteiger partial charge in [-0.25, -0.2) is 0 Å². The van der Waals surface area contributed by atoms with Gasteiger partial charge in [-0.1, -0.05) is 47.8 Å². The van der Waals surface area contributed by atoms with Crippen molar-refractivity contribution < 1.29 is 19.1 Å². The number of thioether (sulfide) groups is 1. The molecule has 3 rings (SSSR count). The Balaban J connectivity index is 1.87. The van der Waals surface area contributed by atoms with Gasteiger partial charge in [0.25, 0.3) is 11.1 Å². The Morgan fingerprint density at radius 2 is 1.78 bits per heavy atom. The van der Waals surface area contributed by atoms with Gasteiger partial charge in [-0.05, 0) is 73.5 Å². The quantitative estimate of drug-likeness (QED) is 0.342. The van der Waals surface area contributed by atoms with Gasteiger partial charge in [0.05, 0.1) is 26.6 Å². The van der Waals surface area contributed by atoms with Crippen molar-refractivity contribution in [2.45, 2.75) is 39.8 Å². The number of imide groups is 1. The van der Waals surface area contributed by atoms with Gasteiger partial charge >= 0.3 is 0 Å². The zero-order chi connectivity index (χ0) is 23.4. The number of hydrogen-bond acceptors (Lipinski definition) is 5. The molecular formula is C23H22Cl3NO4S. The number of carbonyl (C=O) groups is 2. The molecular weight excluding hydrogens is 493 g/mol. The van der Waals surface area contributed by atoms with E-state index in [-0.39, 0.29) is 23.8 Å². The SMILES string of the molecule is CCOc1cc(/C=C2/SC(=O)N([C@H](C)CC)C2=O)cc(Cl)c1OCc1ccc(Cl)c(Cl)c1. The van der Waals surface area contributed by atoms with Crippen molar-refractivity contribution in [1.82, 2.24) is 4.90 Å². The molecule has 5 nitrogen and oxygen atoms in total. The van der Waals surface area contributed by atoms with Crippen molar-refractivity contribution >= 4 is 63.8 Å². The molecule has 0 saturated carbocycles. The molecule has 0 bridgehead atoms.